The molecule has 0 saturated heterocycles. The van der Waals surface area contributed by atoms with Crippen LogP contribution in [0.3, 0.4) is 0 Å². The van der Waals surface area contributed by atoms with Gasteiger partial charge in [-0.05, 0) is 30.3 Å². The Morgan fingerprint density at radius 2 is 2.05 bits per heavy atom. The summed E-state index contributed by atoms with van der Waals surface area (Å²) in [7, 11) is 1.49. The highest BCUT2D eigenvalue weighted by molar-refractivity contribution is 7.80. The molecular formula is C15H12N2O2S. The van der Waals surface area contributed by atoms with Crippen molar-refractivity contribution >= 4 is 24.2 Å². The van der Waals surface area contributed by atoms with Crippen molar-refractivity contribution in [1.82, 2.24) is 0 Å². The quantitative estimate of drug-likeness (QED) is 0.851. The van der Waals surface area contributed by atoms with Crippen molar-refractivity contribution in [2.24, 2.45) is 0 Å². The number of carbonyl (C=O) groups excluding carboxylic acids is 1. The molecule has 0 fully saturated rings. The predicted molar refractivity (Wildman–Crippen MR) is 79.4 cm³/mol. The van der Waals surface area contributed by atoms with Crippen molar-refractivity contribution in [3.8, 4) is 11.8 Å². The average molecular weight is 284 g/mol. The lowest BCUT2D eigenvalue weighted by molar-refractivity contribution is 0.102. The van der Waals surface area contributed by atoms with E-state index >= 15 is 0 Å². The molecule has 0 spiro atoms. The first-order valence-electron chi connectivity index (χ1n) is 5.83. The van der Waals surface area contributed by atoms with Crippen LogP contribution >= 0.6 is 12.6 Å². The van der Waals surface area contributed by atoms with Crippen LogP contribution in [0.25, 0.3) is 0 Å². The molecule has 1 N–H and O–H groups in total. The fraction of sp³-hybridized carbons (Fsp3) is 0.0667. The first kappa shape index (κ1) is 14.0. The maximum atomic E-state index is 12.2. The van der Waals surface area contributed by atoms with E-state index in [4.69, 9.17) is 10.00 Å². The highest BCUT2D eigenvalue weighted by Gasteiger charge is 2.13. The molecule has 20 heavy (non-hydrogen) atoms. The van der Waals surface area contributed by atoms with Gasteiger partial charge >= 0.3 is 0 Å². The minimum Gasteiger partial charge on any atom is -0.495 e. The normalized spacial score (nSPS) is 9.65. The van der Waals surface area contributed by atoms with E-state index in [2.05, 4.69) is 17.9 Å². The van der Waals surface area contributed by atoms with E-state index in [0.717, 1.165) is 0 Å². The summed E-state index contributed by atoms with van der Waals surface area (Å²) in [5, 5.41) is 11.8. The third-order valence-electron chi connectivity index (χ3n) is 2.71. The maximum absolute atomic E-state index is 12.2. The lowest BCUT2D eigenvalue weighted by atomic mass is 10.1. The van der Waals surface area contributed by atoms with E-state index in [1.807, 2.05) is 6.07 Å². The number of nitriles is 1. The van der Waals surface area contributed by atoms with E-state index in [9.17, 15) is 4.79 Å². The summed E-state index contributed by atoms with van der Waals surface area (Å²) in [6.07, 6.45) is 0. The zero-order chi connectivity index (χ0) is 14.5. The van der Waals surface area contributed by atoms with E-state index in [0.29, 0.717) is 27.5 Å². The zero-order valence-corrected chi connectivity index (χ0v) is 11.6. The Balaban J connectivity index is 2.35. The number of rotatable bonds is 3. The van der Waals surface area contributed by atoms with Crippen LogP contribution in [0, 0.1) is 11.3 Å². The SMILES string of the molecule is COc1cccc(C#N)c1NC(=O)c1cccc(S)c1. The number of para-hydroxylation sites is 1. The van der Waals surface area contributed by atoms with Crippen LogP contribution in [0.2, 0.25) is 0 Å². The Hall–Kier alpha value is -2.45. The zero-order valence-electron chi connectivity index (χ0n) is 10.8. The van der Waals surface area contributed by atoms with Gasteiger partial charge in [0.1, 0.15) is 17.5 Å². The van der Waals surface area contributed by atoms with Gasteiger partial charge in [-0.25, -0.2) is 0 Å². The number of hydrogen-bond donors (Lipinski definition) is 2. The number of methoxy groups -OCH3 is 1. The molecule has 0 atom stereocenters. The second-order valence-electron chi connectivity index (χ2n) is 4.00. The molecule has 1 amide bonds. The van der Waals surface area contributed by atoms with Crippen LogP contribution < -0.4 is 10.1 Å². The first-order chi connectivity index (χ1) is 9.65. The van der Waals surface area contributed by atoms with Crippen LogP contribution in [0.1, 0.15) is 15.9 Å². The standard InChI is InChI=1S/C15H12N2O2S/c1-19-13-7-3-5-11(9-16)14(13)17-15(18)10-4-2-6-12(20)8-10/h2-8,20H,1H3,(H,17,18). The third kappa shape index (κ3) is 2.92. The van der Waals surface area contributed by atoms with E-state index < -0.39 is 0 Å². The molecule has 0 saturated carbocycles. The number of ether oxygens (including phenoxy) is 1. The Kier molecular flexibility index (Phi) is 4.28. The summed E-state index contributed by atoms with van der Waals surface area (Å²) in [6, 6.07) is 13.9. The van der Waals surface area contributed by atoms with Crippen LogP contribution in [0.4, 0.5) is 5.69 Å². The van der Waals surface area contributed by atoms with Gasteiger partial charge in [-0.3, -0.25) is 4.79 Å². The lowest BCUT2D eigenvalue weighted by Crippen LogP contribution is -2.13. The van der Waals surface area contributed by atoms with E-state index in [1.54, 1.807) is 42.5 Å². The summed E-state index contributed by atoms with van der Waals surface area (Å²) in [5.41, 5.74) is 1.18. The molecule has 0 bridgehead atoms. The van der Waals surface area contributed by atoms with Gasteiger partial charge in [0.2, 0.25) is 0 Å². The molecule has 2 aromatic rings. The second kappa shape index (κ2) is 6.13. The van der Waals surface area contributed by atoms with Gasteiger partial charge in [-0.15, -0.1) is 12.6 Å². The number of benzene rings is 2. The fourth-order valence-electron chi connectivity index (χ4n) is 1.76. The first-order valence-corrected chi connectivity index (χ1v) is 6.28. The number of carbonyl (C=O) groups is 1. The predicted octanol–water partition coefficient (Wildman–Crippen LogP) is 3.11. The summed E-state index contributed by atoms with van der Waals surface area (Å²) in [4.78, 5) is 12.9. The molecule has 0 unspecified atom stereocenters. The Labute approximate surface area is 122 Å². The summed E-state index contributed by atoms with van der Waals surface area (Å²) >= 11 is 4.20. The molecule has 2 aromatic carbocycles. The van der Waals surface area contributed by atoms with Crippen LogP contribution in [0.15, 0.2) is 47.4 Å². The smallest absolute Gasteiger partial charge is 0.255 e. The van der Waals surface area contributed by atoms with Gasteiger partial charge in [0.25, 0.3) is 5.91 Å². The molecule has 2 rings (SSSR count). The number of nitrogens with zero attached hydrogens (tertiary/aromatic N) is 1. The van der Waals surface area contributed by atoms with E-state index in [-0.39, 0.29) is 5.91 Å². The Morgan fingerprint density at radius 1 is 1.30 bits per heavy atom. The Morgan fingerprint density at radius 3 is 2.70 bits per heavy atom. The summed E-state index contributed by atoms with van der Waals surface area (Å²) < 4.78 is 5.17. The molecular weight excluding hydrogens is 272 g/mol. The van der Waals surface area contributed by atoms with Crippen LogP contribution in [-0.4, -0.2) is 13.0 Å². The number of nitrogens with one attached hydrogen (secondary N) is 1. The van der Waals surface area contributed by atoms with Gasteiger partial charge in [0.05, 0.1) is 12.7 Å². The summed E-state index contributed by atoms with van der Waals surface area (Å²) in [6.45, 7) is 0. The monoisotopic (exact) mass is 284 g/mol. The molecule has 0 aliphatic heterocycles. The van der Waals surface area contributed by atoms with Gasteiger partial charge in [0.15, 0.2) is 0 Å². The van der Waals surface area contributed by atoms with Gasteiger partial charge in [-0.1, -0.05) is 12.1 Å². The molecule has 0 aliphatic carbocycles. The van der Waals surface area contributed by atoms with Crippen molar-refractivity contribution in [3.05, 3.63) is 53.6 Å². The molecule has 100 valence electrons. The lowest BCUT2D eigenvalue weighted by Gasteiger charge is -2.11. The van der Waals surface area contributed by atoms with Crippen molar-refractivity contribution in [2.75, 3.05) is 12.4 Å². The number of thiol groups is 1. The van der Waals surface area contributed by atoms with Crippen LogP contribution in [-0.2, 0) is 0 Å². The van der Waals surface area contributed by atoms with Gasteiger partial charge in [0, 0.05) is 10.5 Å². The minimum absolute atomic E-state index is 0.318. The maximum Gasteiger partial charge on any atom is 0.255 e. The van der Waals surface area contributed by atoms with Crippen LogP contribution in [0.5, 0.6) is 5.75 Å². The van der Waals surface area contributed by atoms with Gasteiger partial charge < -0.3 is 10.1 Å². The highest BCUT2D eigenvalue weighted by atomic mass is 32.1. The molecule has 5 heteroatoms. The van der Waals surface area contributed by atoms with Gasteiger partial charge in [-0.2, -0.15) is 5.26 Å². The number of hydrogen-bond acceptors (Lipinski definition) is 4. The summed E-state index contributed by atoms with van der Waals surface area (Å²) in [5.74, 6) is 0.126. The topological polar surface area (TPSA) is 62.1 Å². The second-order valence-corrected chi connectivity index (χ2v) is 4.52. The molecule has 4 nitrogen and oxygen atoms in total. The fourth-order valence-corrected chi connectivity index (χ4v) is 1.98. The van der Waals surface area contributed by atoms with E-state index in [1.165, 1.54) is 7.11 Å². The highest BCUT2D eigenvalue weighted by Crippen LogP contribution is 2.28. The molecule has 0 radical (unpaired) electrons. The largest absolute Gasteiger partial charge is 0.495 e. The number of anilines is 1. The van der Waals surface area contributed by atoms with Crippen molar-refractivity contribution in [1.29, 1.82) is 5.26 Å². The third-order valence-corrected chi connectivity index (χ3v) is 2.99. The van der Waals surface area contributed by atoms with Crippen molar-refractivity contribution in [3.63, 3.8) is 0 Å². The average Bonchev–Trinajstić information content (AvgIpc) is 2.47. The Bertz CT molecular complexity index is 693. The number of amides is 1. The molecule has 0 heterocycles. The molecule has 0 aromatic heterocycles. The van der Waals surface area contributed by atoms with Crippen molar-refractivity contribution in [2.45, 2.75) is 4.90 Å². The minimum atomic E-state index is -0.318. The van der Waals surface area contributed by atoms with Crippen molar-refractivity contribution < 1.29 is 9.53 Å². The molecule has 0 aliphatic rings.